The Labute approximate surface area is 134 Å². The number of ether oxygens (including phenoxy) is 1. The summed E-state index contributed by atoms with van der Waals surface area (Å²) in [5.74, 6) is 0.576. The van der Waals surface area contributed by atoms with Crippen molar-refractivity contribution in [3.8, 4) is 5.75 Å². The number of nitro groups is 1. The molecule has 0 saturated heterocycles. The zero-order valence-corrected chi connectivity index (χ0v) is 13.8. The van der Waals surface area contributed by atoms with Crippen LogP contribution in [0.25, 0.3) is 0 Å². The summed E-state index contributed by atoms with van der Waals surface area (Å²) in [5.41, 5.74) is 2.24. The second kappa shape index (κ2) is 6.44. The van der Waals surface area contributed by atoms with E-state index in [0.717, 1.165) is 11.4 Å². The molecule has 8 heteroatoms. The standard InChI is InChI=1S/C13H13BrClN3O3/c1-8-13(15)11(17(2)16-8)7-21-12-4-3-10(18(19)20)5-9(12)6-14/h3-5H,6-7H2,1-2H3. The number of nitrogens with zero attached hydrogens (tertiary/aromatic N) is 3. The van der Waals surface area contributed by atoms with Crippen molar-refractivity contribution in [2.75, 3.05) is 0 Å². The molecule has 0 atom stereocenters. The number of halogens is 2. The van der Waals surface area contributed by atoms with Crippen LogP contribution < -0.4 is 4.74 Å². The lowest BCUT2D eigenvalue weighted by atomic mass is 10.2. The van der Waals surface area contributed by atoms with Crippen molar-refractivity contribution in [3.63, 3.8) is 0 Å². The van der Waals surface area contributed by atoms with Gasteiger partial charge in [-0.2, -0.15) is 5.10 Å². The summed E-state index contributed by atoms with van der Waals surface area (Å²) < 4.78 is 7.39. The first-order valence-electron chi connectivity index (χ1n) is 6.08. The van der Waals surface area contributed by atoms with E-state index >= 15 is 0 Å². The lowest BCUT2D eigenvalue weighted by molar-refractivity contribution is -0.384. The Balaban J connectivity index is 2.22. The highest BCUT2D eigenvalue weighted by molar-refractivity contribution is 9.08. The molecule has 0 bridgehead atoms. The second-order valence-corrected chi connectivity index (χ2v) is 5.38. The first-order valence-corrected chi connectivity index (χ1v) is 7.58. The summed E-state index contributed by atoms with van der Waals surface area (Å²) in [6.45, 7) is 2.07. The monoisotopic (exact) mass is 373 g/mol. The van der Waals surface area contributed by atoms with Gasteiger partial charge in [-0.25, -0.2) is 0 Å². The molecule has 0 amide bonds. The highest BCUT2D eigenvalue weighted by Gasteiger charge is 2.14. The fraction of sp³-hybridized carbons (Fsp3) is 0.308. The van der Waals surface area contributed by atoms with E-state index in [1.54, 1.807) is 17.8 Å². The van der Waals surface area contributed by atoms with Gasteiger partial charge in [0.15, 0.2) is 0 Å². The van der Waals surface area contributed by atoms with Gasteiger partial charge in [-0.15, -0.1) is 0 Å². The molecule has 0 aliphatic heterocycles. The minimum atomic E-state index is -0.433. The van der Waals surface area contributed by atoms with E-state index in [-0.39, 0.29) is 12.3 Å². The van der Waals surface area contributed by atoms with E-state index in [9.17, 15) is 10.1 Å². The quantitative estimate of drug-likeness (QED) is 0.454. The minimum Gasteiger partial charge on any atom is -0.487 e. The molecule has 0 fully saturated rings. The van der Waals surface area contributed by atoms with E-state index < -0.39 is 4.92 Å². The molecular formula is C13H13BrClN3O3. The predicted octanol–water partition coefficient (Wildman–Crippen LogP) is 3.76. The Hall–Kier alpha value is -1.60. The molecular weight excluding hydrogens is 362 g/mol. The zero-order valence-electron chi connectivity index (χ0n) is 11.5. The van der Waals surface area contributed by atoms with Crippen LogP contribution in [0.3, 0.4) is 0 Å². The summed E-state index contributed by atoms with van der Waals surface area (Å²) in [6, 6.07) is 4.49. The molecule has 0 aliphatic rings. The van der Waals surface area contributed by atoms with E-state index in [1.807, 2.05) is 6.92 Å². The van der Waals surface area contributed by atoms with Crippen molar-refractivity contribution in [1.82, 2.24) is 9.78 Å². The van der Waals surface area contributed by atoms with Gasteiger partial charge >= 0.3 is 0 Å². The highest BCUT2D eigenvalue weighted by Crippen LogP contribution is 2.28. The number of hydrogen-bond donors (Lipinski definition) is 0. The van der Waals surface area contributed by atoms with Gasteiger partial charge in [0.05, 0.1) is 21.3 Å². The molecule has 0 N–H and O–H groups in total. The van der Waals surface area contributed by atoms with Crippen LogP contribution in [0.2, 0.25) is 5.02 Å². The summed E-state index contributed by atoms with van der Waals surface area (Å²) in [6.07, 6.45) is 0. The molecule has 0 saturated carbocycles. The largest absolute Gasteiger partial charge is 0.487 e. The minimum absolute atomic E-state index is 0.0335. The Kier molecular flexibility index (Phi) is 4.84. The number of rotatable bonds is 5. The van der Waals surface area contributed by atoms with Gasteiger partial charge in [0, 0.05) is 30.1 Å². The third kappa shape index (κ3) is 3.36. The molecule has 2 aromatic rings. The molecule has 112 valence electrons. The smallest absolute Gasteiger partial charge is 0.270 e. The third-order valence-electron chi connectivity index (χ3n) is 3.02. The second-order valence-electron chi connectivity index (χ2n) is 4.44. The number of aryl methyl sites for hydroxylation is 2. The Bertz CT molecular complexity index is 688. The fourth-order valence-electron chi connectivity index (χ4n) is 1.91. The number of benzene rings is 1. The maximum atomic E-state index is 10.8. The topological polar surface area (TPSA) is 70.2 Å². The average molecular weight is 375 g/mol. The fourth-order valence-corrected chi connectivity index (χ4v) is 2.56. The predicted molar refractivity (Wildman–Crippen MR) is 83.0 cm³/mol. The molecule has 1 heterocycles. The summed E-state index contributed by atoms with van der Waals surface area (Å²) in [5, 5.41) is 16.0. The summed E-state index contributed by atoms with van der Waals surface area (Å²) in [4.78, 5) is 10.3. The van der Waals surface area contributed by atoms with Crippen molar-refractivity contribution < 1.29 is 9.66 Å². The van der Waals surface area contributed by atoms with Crippen LogP contribution in [0, 0.1) is 17.0 Å². The van der Waals surface area contributed by atoms with Gasteiger partial charge in [0.25, 0.3) is 5.69 Å². The van der Waals surface area contributed by atoms with E-state index in [1.165, 1.54) is 12.1 Å². The molecule has 1 aromatic heterocycles. The van der Waals surface area contributed by atoms with E-state index in [2.05, 4.69) is 21.0 Å². The normalized spacial score (nSPS) is 10.7. The van der Waals surface area contributed by atoms with Gasteiger partial charge in [-0.05, 0) is 13.0 Å². The Morgan fingerprint density at radius 1 is 1.52 bits per heavy atom. The average Bonchev–Trinajstić information content (AvgIpc) is 2.70. The van der Waals surface area contributed by atoms with Crippen molar-refractivity contribution in [2.45, 2.75) is 18.9 Å². The van der Waals surface area contributed by atoms with Crippen molar-refractivity contribution in [2.24, 2.45) is 7.05 Å². The van der Waals surface area contributed by atoms with Gasteiger partial charge in [0.1, 0.15) is 12.4 Å². The third-order valence-corrected chi connectivity index (χ3v) is 4.12. The van der Waals surface area contributed by atoms with E-state index in [0.29, 0.717) is 21.7 Å². The van der Waals surface area contributed by atoms with Crippen LogP contribution in [-0.4, -0.2) is 14.7 Å². The first-order chi connectivity index (χ1) is 9.93. The van der Waals surface area contributed by atoms with Gasteiger partial charge in [-0.3, -0.25) is 14.8 Å². The number of nitro benzene ring substituents is 1. The number of hydrogen-bond acceptors (Lipinski definition) is 4. The van der Waals surface area contributed by atoms with Crippen molar-refractivity contribution in [3.05, 3.63) is 50.3 Å². The number of aromatic nitrogens is 2. The molecule has 1 aromatic carbocycles. The first kappa shape index (κ1) is 15.8. The molecule has 21 heavy (non-hydrogen) atoms. The molecule has 6 nitrogen and oxygen atoms in total. The van der Waals surface area contributed by atoms with Crippen molar-refractivity contribution >= 4 is 33.2 Å². The molecule has 2 rings (SSSR count). The van der Waals surface area contributed by atoms with Crippen LogP contribution in [0.4, 0.5) is 5.69 Å². The zero-order chi connectivity index (χ0) is 15.6. The SMILES string of the molecule is Cc1nn(C)c(COc2ccc([N+](=O)[O-])cc2CBr)c1Cl. The molecule has 0 unspecified atom stereocenters. The van der Waals surface area contributed by atoms with Gasteiger partial charge < -0.3 is 4.74 Å². The van der Waals surface area contributed by atoms with E-state index in [4.69, 9.17) is 16.3 Å². The lowest BCUT2D eigenvalue weighted by Crippen LogP contribution is -2.05. The van der Waals surface area contributed by atoms with Gasteiger partial charge in [0.2, 0.25) is 0 Å². The van der Waals surface area contributed by atoms with Crippen LogP contribution >= 0.6 is 27.5 Å². The molecule has 0 radical (unpaired) electrons. The van der Waals surface area contributed by atoms with Crippen molar-refractivity contribution in [1.29, 1.82) is 0 Å². The summed E-state index contributed by atoms with van der Waals surface area (Å²) in [7, 11) is 1.79. The maximum absolute atomic E-state index is 10.8. The summed E-state index contributed by atoms with van der Waals surface area (Å²) >= 11 is 9.46. The van der Waals surface area contributed by atoms with Crippen LogP contribution in [0.15, 0.2) is 18.2 Å². The Morgan fingerprint density at radius 2 is 2.24 bits per heavy atom. The molecule has 0 aliphatic carbocycles. The highest BCUT2D eigenvalue weighted by atomic mass is 79.9. The lowest BCUT2D eigenvalue weighted by Gasteiger charge is -2.10. The van der Waals surface area contributed by atoms with Crippen LogP contribution in [-0.2, 0) is 19.0 Å². The maximum Gasteiger partial charge on any atom is 0.270 e. The molecule has 0 spiro atoms. The number of alkyl halides is 1. The number of non-ortho nitro benzene ring substituents is 1. The van der Waals surface area contributed by atoms with Crippen LogP contribution in [0.1, 0.15) is 17.0 Å². The van der Waals surface area contributed by atoms with Gasteiger partial charge in [-0.1, -0.05) is 27.5 Å². The van der Waals surface area contributed by atoms with Crippen LogP contribution in [0.5, 0.6) is 5.75 Å². The Morgan fingerprint density at radius 3 is 2.76 bits per heavy atom.